The number of anilines is 1. The van der Waals surface area contributed by atoms with Gasteiger partial charge in [0.1, 0.15) is 18.5 Å². The second kappa shape index (κ2) is 12.2. The Hall–Kier alpha value is -2.83. The lowest BCUT2D eigenvalue weighted by Gasteiger charge is -2.36. The first-order valence-electron chi connectivity index (χ1n) is 14.0. The van der Waals surface area contributed by atoms with Gasteiger partial charge in [0.15, 0.2) is 0 Å². The predicted octanol–water partition coefficient (Wildman–Crippen LogP) is 4.18. The van der Waals surface area contributed by atoms with Gasteiger partial charge in [-0.2, -0.15) is 13.2 Å². The average Bonchev–Trinajstić information content (AvgIpc) is 3.34. The molecule has 41 heavy (non-hydrogen) atoms. The van der Waals surface area contributed by atoms with Crippen LogP contribution >= 0.6 is 0 Å². The standard InChI is InChI=1S/C29H36F3N3O5S/c1-20-2-11-27-21(16-20)17-25(40-27)18-34-12-14-35(15-13-34)28(36)19-39-24-7-3-22(4-8-24)33-23-5-9-26(10-6-23)41(37,38)29(30,31)32/h2,5-6,9-11,16,22,24-25,33H,3-4,7-8,12-15,17-19H2,1H3/t22-,24-,25?. The molecule has 0 radical (unpaired) electrons. The number of aryl methyl sites for hydroxylation is 1. The second-order valence-corrected chi connectivity index (χ2v) is 13.1. The Bertz CT molecular complexity index is 1320. The summed E-state index contributed by atoms with van der Waals surface area (Å²) >= 11 is 0. The SMILES string of the molecule is Cc1ccc2c(c1)CC(CN1CCN(C(=O)CO[C@H]3CC[C@H](Nc4ccc(S(=O)(=O)C(F)(F)F)cc4)CC3)CC1)O2. The maximum absolute atomic E-state index is 12.8. The number of piperazine rings is 1. The number of carbonyl (C=O) groups excluding carboxylic acids is 1. The summed E-state index contributed by atoms with van der Waals surface area (Å²) in [6.45, 7) is 5.94. The molecule has 2 aliphatic heterocycles. The lowest BCUT2D eigenvalue weighted by Crippen LogP contribution is -2.51. The van der Waals surface area contributed by atoms with Crippen LogP contribution in [0.25, 0.3) is 0 Å². The largest absolute Gasteiger partial charge is 0.501 e. The third-order valence-electron chi connectivity index (χ3n) is 8.10. The van der Waals surface area contributed by atoms with Gasteiger partial charge in [0.25, 0.3) is 9.84 Å². The van der Waals surface area contributed by atoms with Crippen molar-refractivity contribution < 1.29 is 35.9 Å². The van der Waals surface area contributed by atoms with E-state index in [0.717, 1.165) is 69.6 Å². The van der Waals surface area contributed by atoms with E-state index in [4.69, 9.17) is 9.47 Å². The van der Waals surface area contributed by atoms with Gasteiger partial charge in [0.2, 0.25) is 5.91 Å². The van der Waals surface area contributed by atoms with Crippen LogP contribution in [0.4, 0.5) is 18.9 Å². The van der Waals surface area contributed by atoms with Gasteiger partial charge in [-0.25, -0.2) is 8.42 Å². The lowest BCUT2D eigenvalue weighted by molar-refractivity contribution is -0.140. The zero-order valence-electron chi connectivity index (χ0n) is 23.0. The molecule has 1 atom stereocenters. The normalized spacial score (nSPS) is 23.6. The number of rotatable bonds is 8. The van der Waals surface area contributed by atoms with Gasteiger partial charge in [-0.05, 0) is 68.5 Å². The topological polar surface area (TPSA) is 88.2 Å². The zero-order valence-corrected chi connectivity index (χ0v) is 23.8. The summed E-state index contributed by atoms with van der Waals surface area (Å²) in [4.78, 5) is 16.2. The third kappa shape index (κ3) is 7.15. The molecule has 8 nitrogen and oxygen atoms in total. The van der Waals surface area contributed by atoms with Crippen molar-refractivity contribution in [3.8, 4) is 5.75 Å². The minimum Gasteiger partial charge on any atom is -0.488 e. The number of hydrogen-bond donors (Lipinski definition) is 1. The van der Waals surface area contributed by atoms with Crippen LogP contribution in [-0.4, -0.2) is 87.2 Å². The van der Waals surface area contributed by atoms with Crippen LogP contribution in [0, 0.1) is 6.92 Å². The summed E-state index contributed by atoms with van der Waals surface area (Å²) in [6, 6.07) is 11.0. The first kappa shape index (κ1) is 29.7. The van der Waals surface area contributed by atoms with E-state index >= 15 is 0 Å². The second-order valence-electron chi connectivity index (χ2n) is 11.1. The van der Waals surface area contributed by atoms with E-state index in [1.807, 2.05) is 11.0 Å². The summed E-state index contributed by atoms with van der Waals surface area (Å²) in [5.41, 5.74) is -2.26. The van der Waals surface area contributed by atoms with E-state index in [9.17, 15) is 26.4 Å². The molecule has 1 aliphatic carbocycles. The van der Waals surface area contributed by atoms with Crippen molar-refractivity contribution in [1.29, 1.82) is 0 Å². The fraction of sp³-hybridized carbons (Fsp3) is 0.552. The molecule has 1 amide bonds. The van der Waals surface area contributed by atoms with E-state index in [-0.39, 0.29) is 30.8 Å². The van der Waals surface area contributed by atoms with Crippen LogP contribution in [-0.2, 0) is 25.8 Å². The Morgan fingerprint density at radius 1 is 1.02 bits per heavy atom. The fourth-order valence-corrected chi connectivity index (χ4v) is 6.53. The highest BCUT2D eigenvalue weighted by atomic mass is 32.2. The number of halogens is 3. The van der Waals surface area contributed by atoms with E-state index in [0.29, 0.717) is 18.8 Å². The highest BCUT2D eigenvalue weighted by molar-refractivity contribution is 7.92. The van der Waals surface area contributed by atoms with E-state index < -0.39 is 20.2 Å². The molecule has 5 rings (SSSR count). The minimum atomic E-state index is -5.36. The summed E-state index contributed by atoms with van der Waals surface area (Å²) in [7, 11) is -5.36. The van der Waals surface area contributed by atoms with Crippen LogP contribution in [0.5, 0.6) is 5.75 Å². The van der Waals surface area contributed by atoms with Crippen molar-refractivity contribution in [2.45, 2.75) is 67.7 Å². The van der Waals surface area contributed by atoms with Gasteiger partial charge in [-0.1, -0.05) is 17.7 Å². The molecular weight excluding hydrogens is 559 g/mol. The van der Waals surface area contributed by atoms with Gasteiger partial charge in [0.05, 0.1) is 11.0 Å². The number of benzene rings is 2. The maximum atomic E-state index is 12.8. The molecule has 12 heteroatoms. The number of sulfone groups is 1. The average molecular weight is 596 g/mol. The third-order valence-corrected chi connectivity index (χ3v) is 9.60. The Balaban J connectivity index is 0.982. The molecule has 3 aliphatic rings. The molecule has 1 N–H and O–H groups in total. The summed E-state index contributed by atoms with van der Waals surface area (Å²) in [6.07, 6.45) is 4.08. The first-order chi connectivity index (χ1) is 19.5. The van der Waals surface area contributed by atoms with Crippen LogP contribution in [0.3, 0.4) is 0 Å². The number of carbonyl (C=O) groups is 1. The Morgan fingerprint density at radius 3 is 2.37 bits per heavy atom. The van der Waals surface area contributed by atoms with Gasteiger partial charge < -0.3 is 19.7 Å². The van der Waals surface area contributed by atoms with E-state index in [1.54, 1.807) is 0 Å². The van der Waals surface area contributed by atoms with Crippen LogP contribution < -0.4 is 10.1 Å². The Labute approximate surface area is 238 Å². The summed E-state index contributed by atoms with van der Waals surface area (Å²) in [5, 5.41) is 3.25. The molecule has 0 bridgehead atoms. The molecule has 0 aromatic heterocycles. The molecule has 1 saturated heterocycles. The van der Waals surface area contributed by atoms with Gasteiger partial charge in [-0.15, -0.1) is 0 Å². The van der Waals surface area contributed by atoms with E-state index in [1.165, 1.54) is 23.3 Å². The molecule has 2 fully saturated rings. The molecule has 2 aromatic carbocycles. The number of hydrogen-bond acceptors (Lipinski definition) is 7. The van der Waals surface area contributed by atoms with Crippen LogP contribution in [0.2, 0.25) is 0 Å². The smallest absolute Gasteiger partial charge is 0.488 e. The molecule has 1 unspecified atom stereocenters. The monoisotopic (exact) mass is 595 g/mol. The van der Waals surface area contributed by atoms with Gasteiger partial charge in [0, 0.05) is 50.9 Å². The molecule has 2 heterocycles. The number of nitrogens with one attached hydrogen (secondary N) is 1. The molecule has 0 spiro atoms. The maximum Gasteiger partial charge on any atom is 0.501 e. The number of alkyl halides is 3. The van der Waals surface area contributed by atoms with E-state index in [2.05, 4.69) is 29.3 Å². The predicted molar refractivity (Wildman–Crippen MR) is 148 cm³/mol. The van der Waals surface area contributed by atoms with Crippen molar-refractivity contribution in [3.05, 3.63) is 53.6 Å². The molecular formula is C29H36F3N3O5S. The van der Waals surface area contributed by atoms with Crippen molar-refractivity contribution >= 4 is 21.4 Å². The number of nitrogens with zero attached hydrogens (tertiary/aromatic N) is 2. The van der Waals surface area contributed by atoms with Crippen molar-refractivity contribution in [2.75, 3.05) is 44.6 Å². The Kier molecular flexibility index (Phi) is 8.81. The molecule has 224 valence electrons. The van der Waals surface area contributed by atoms with Crippen molar-refractivity contribution in [2.24, 2.45) is 0 Å². The molecule has 1 saturated carbocycles. The highest BCUT2D eigenvalue weighted by Gasteiger charge is 2.46. The van der Waals surface area contributed by atoms with Crippen molar-refractivity contribution in [3.63, 3.8) is 0 Å². The highest BCUT2D eigenvalue weighted by Crippen LogP contribution is 2.32. The minimum absolute atomic E-state index is 0.00112. The zero-order chi connectivity index (χ0) is 29.2. The first-order valence-corrected chi connectivity index (χ1v) is 15.5. The van der Waals surface area contributed by atoms with Gasteiger partial charge in [-0.3, -0.25) is 9.69 Å². The lowest BCUT2D eigenvalue weighted by atomic mass is 9.93. The van der Waals surface area contributed by atoms with Gasteiger partial charge >= 0.3 is 5.51 Å². The van der Waals surface area contributed by atoms with Crippen molar-refractivity contribution in [1.82, 2.24) is 9.80 Å². The summed E-state index contributed by atoms with van der Waals surface area (Å²) in [5.74, 6) is 0.978. The molecule has 2 aromatic rings. The Morgan fingerprint density at radius 2 is 1.71 bits per heavy atom. The van der Waals surface area contributed by atoms with Crippen LogP contribution in [0.15, 0.2) is 47.4 Å². The fourth-order valence-electron chi connectivity index (χ4n) is 5.77. The summed E-state index contributed by atoms with van der Waals surface area (Å²) < 4.78 is 73.3. The number of ether oxygens (including phenoxy) is 2. The quantitative estimate of drug-likeness (QED) is 0.490. The number of fused-ring (bicyclic) bond motifs is 1. The number of amides is 1. The van der Waals surface area contributed by atoms with Crippen LogP contribution in [0.1, 0.15) is 36.8 Å².